The van der Waals surface area contributed by atoms with Crippen LogP contribution in [-0.4, -0.2) is 60.4 Å². The summed E-state index contributed by atoms with van der Waals surface area (Å²) >= 11 is 12.3. The number of halogens is 3. The zero-order valence-corrected chi connectivity index (χ0v) is 15.5. The second-order valence-electron chi connectivity index (χ2n) is 5.91. The fourth-order valence-electron chi connectivity index (χ4n) is 3.26. The predicted molar refractivity (Wildman–Crippen MR) is 97.2 cm³/mol. The van der Waals surface area contributed by atoms with Gasteiger partial charge in [0.15, 0.2) is 0 Å². The molecule has 2 fully saturated rings. The van der Waals surface area contributed by atoms with Crippen LogP contribution in [0.4, 0.5) is 0 Å². The number of rotatable bonds is 2. The molecule has 2 amide bonds. The third-order valence-corrected chi connectivity index (χ3v) is 5.06. The monoisotopic (exact) mass is 391 g/mol. The third-order valence-electron chi connectivity index (χ3n) is 4.43. The minimum Gasteiger partial charge on any atom is -0.336 e. The minimum atomic E-state index is -0.159. The van der Waals surface area contributed by atoms with Crippen molar-refractivity contribution in [2.75, 3.05) is 32.7 Å². The average Bonchev–Trinajstić information content (AvgIpc) is 2.55. The van der Waals surface area contributed by atoms with E-state index >= 15 is 0 Å². The van der Waals surface area contributed by atoms with Crippen molar-refractivity contribution in [1.29, 1.82) is 0 Å². The zero-order valence-electron chi connectivity index (χ0n) is 13.1. The first kappa shape index (κ1) is 19.3. The Morgan fingerprint density at radius 2 is 1.92 bits per heavy atom. The van der Waals surface area contributed by atoms with Crippen molar-refractivity contribution < 1.29 is 9.59 Å². The van der Waals surface area contributed by atoms with Crippen molar-refractivity contribution in [2.24, 2.45) is 0 Å². The number of hydrogen-bond donors (Lipinski definition) is 1. The van der Waals surface area contributed by atoms with Gasteiger partial charge in [0.2, 0.25) is 5.91 Å². The van der Waals surface area contributed by atoms with Crippen molar-refractivity contribution in [2.45, 2.75) is 18.9 Å². The van der Waals surface area contributed by atoms with Crippen LogP contribution in [0.25, 0.3) is 0 Å². The first-order valence-corrected chi connectivity index (χ1v) is 8.57. The Bertz CT molecular complexity index is 606. The van der Waals surface area contributed by atoms with Crippen LogP contribution in [-0.2, 0) is 4.79 Å². The fraction of sp³-hybridized carbons (Fsp3) is 0.500. The molecular weight excluding hydrogens is 373 g/mol. The summed E-state index contributed by atoms with van der Waals surface area (Å²) in [5, 5.41) is 3.80. The number of piperazine rings is 1. The van der Waals surface area contributed by atoms with Gasteiger partial charge in [-0.15, -0.1) is 12.4 Å². The molecule has 1 aromatic carbocycles. The van der Waals surface area contributed by atoms with Gasteiger partial charge in [-0.1, -0.05) is 29.3 Å². The molecule has 8 heteroatoms. The number of piperidine rings is 1. The number of benzene rings is 1. The van der Waals surface area contributed by atoms with E-state index in [-0.39, 0.29) is 30.3 Å². The lowest BCUT2D eigenvalue weighted by atomic mass is 10.0. The smallest absolute Gasteiger partial charge is 0.256 e. The van der Waals surface area contributed by atoms with E-state index in [1.165, 1.54) is 0 Å². The minimum absolute atomic E-state index is 0. The Hall–Kier alpha value is -1.01. The summed E-state index contributed by atoms with van der Waals surface area (Å²) in [6, 6.07) is 5.13. The molecule has 1 unspecified atom stereocenters. The molecule has 24 heavy (non-hydrogen) atoms. The molecule has 132 valence electrons. The van der Waals surface area contributed by atoms with Crippen molar-refractivity contribution in [1.82, 2.24) is 15.1 Å². The molecule has 2 aliphatic heterocycles. The van der Waals surface area contributed by atoms with Gasteiger partial charge in [-0.3, -0.25) is 9.59 Å². The lowest BCUT2D eigenvalue weighted by Crippen LogP contribution is -2.57. The number of nitrogens with one attached hydrogen (secondary N) is 1. The van der Waals surface area contributed by atoms with E-state index < -0.39 is 0 Å². The largest absolute Gasteiger partial charge is 0.336 e. The fourth-order valence-corrected chi connectivity index (χ4v) is 3.82. The van der Waals surface area contributed by atoms with Gasteiger partial charge in [-0.2, -0.15) is 0 Å². The average molecular weight is 393 g/mol. The van der Waals surface area contributed by atoms with Crippen LogP contribution < -0.4 is 5.32 Å². The molecule has 0 saturated carbocycles. The van der Waals surface area contributed by atoms with Crippen LogP contribution in [0.15, 0.2) is 18.2 Å². The van der Waals surface area contributed by atoms with Gasteiger partial charge in [-0.25, -0.2) is 0 Å². The summed E-state index contributed by atoms with van der Waals surface area (Å²) in [7, 11) is 0. The van der Waals surface area contributed by atoms with Crippen LogP contribution in [0.5, 0.6) is 0 Å². The molecule has 0 aromatic heterocycles. The number of nitrogens with zero attached hydrogens (tertiary/aromatic N) is 2. The first-order valence-electron chi connectivity index (χ1n) is 7.81. The Kier molecular flexibility index (Phi) is 6.75. The van der Waals surface area contributed by atoms with E-state index in [1.54, 1.807) is 23.1 Å². The molecule has 3 rings (SSSR count). The lowest BCUT2D eigenvalue weighted by molar-refractivity contribution is -0.135. The van der Waals surface area contributed by atoms with Gasteiger partial charge < -0.3 is 15.1 Å². The summed E-state index contributed by atoms with van der Waals surface area (Å²) in [5.41, 5.74) is 0.350. The molecule has 2 heterocycles. The Labute approximate surface area is 157 Å². The molecule has 2 saturated heterocycles. The van der Waals surface area contributed by atoms with Crippen LogP contribution >= 0.6 is 35.6 Å². The molecule has 1 aromatic rings. The van der Waals surface area contributed by atoms with E-state index in [0.29, 0.717) is 41.8 Å². The highest BCUT2D eigenvalue weighted by Crippen LogP contribution is 2.27. The highest BCUT2D eigenvalue weighted by Gasteiger charge is 2.32. The molecule has 0 bridgehead atoms. The normalized spacial score (nSPS) is 21.4. The van der Waals surface area contributed by atoms with E-state index in [1.807, 2.05) is 4.90 Å². The molecule has 0 radical (unpaired) electrons. The molecule has 5 nitrogen and oxygen atoms in total. The molecule has 1 atom stereocenters. The third kappa shape index (κ3) is 3.97. The van der Waals surface area contributed by atoms with Crippen LogP contribution in [0.1, 0.15) is 23.2 Å². The van der Waals surface area contributed by atoms with Gasteiger partial charge in [-0.05, 0) is 25.0 Å². The SMILES string of the molecule is Cl.O=C(c1c(Cl)cccc1Cl)N1CCCC(N2CCNCC2=O)C1. The number of amides is 2. The highest BCUT2D eigenvalue weighted by atomic mass is 35.5. The Balaban J connectivity index is 0.00000208. The van der Waals surface area contributed by atoms with Crippen LogP contribution in [0.3, 0.4) is 0 Å². The quantitative estimate of drug-likeness (QED) is 0.841. The first-order chi connectivity index (χ1) is 11.1. The lowest BCUT2D eigenvalue weighted by Gasteiger charge is -2.41. The van der Waals surface area contributed by atoms with Crippen molar-refractivity contribution in [3.05, 3.63) is 33.8 Å². The van der Waals surface area contributed by atoms with Gasteiger partial charge in [0.1, 0.15) is 0 Å². The summed E-state index contributed by atoms with van der Waals surface area (Å²) in [5.74, 6) is -0.0563. The molecule has 0 spiro atoms. The van der Waals surface area contributed by atoms with Crippen molar-refractivity contribution in [3.8, 4) is 0 Å². The predicted octanol–water partition coefficient (Wildman–Crippen LogP) is 2.45. The van der Waals surface area contributed by atoms with E-state index in [9.17, 15) is 9.59 Å². The summed E-state index contributed by atoms with van der Waals surface area (Å²) in [4.78, 5) is 28.5. The number of carbonyl (C=O) groups excluding carboxylic acids is 2. The van der Waals surface area contributed by atoms with Gasteiger partial charge >= 0.3 is 0 Å². The maximum absolute atomic E-state index is 12.8. The van der Waals surface area contributed by atoms with Crippen LogP contribution in [0.2, 0.25) is 10.0 Å². The Morgan fingerprint density at radius 3 is 2.58 bits per heavy atom. The van der Waals surface area contributed by atoms with E-state index in [4.69, 9.17) is 23.2 Å². The van der Waals surface area contributed by atoms with Gasteiger partial charge in [0.05, 0.1) is 22.2 Å². The van der Waals surface area contributed by atoms with Gasteiger partial charge in [0, 0.05) is 32.2 Å². The molecule has 1 N–H and O–H groups in total. The van der Waals surface area contributed by atoms with Crippen molar-refractivity contribution >= 4 is 47.4 Å². The molecule has 2 aliphatic rings. The number of hydrogen-bond acceptors (Lipinski definition) is 3. The second kappa shape index (κ2) is 8.39. The standard InChI is InChI=1S/C16H19Cl2N3O2.ClH/c17-12-4-1-5-13(18)15(12)16(23)20-7-2-3-11(10-20)21-8-6-19-9-14(21)22;/h1,4-5,11,19H,2-3,6-10H2;1H. The van der Waals surface area contributed by atoms with Crippen molar-refractivity contribution in [3.63, 3.8) is 0 Å². The number of carbonyl (C=O) groups is 2. The summed E-state index contributed by atoms with van der Waals surface area (Å²) in [6.45, 7) is 3.06. The summed E-state index contributed by atoms with van der Waals surface area (Å²) < 4.78 is 0. The highest BCUT2D eigenvalue weighted by molar-refractivity contribution is 6.39. The van der Waals surface area contributed by atoms with Gasteiger partial charge in [0.25, 0.3) is 5.91 Å². The zero-order chi connectivity index (χ0) is 16.4. The molecular formula is C16H20Cl3N3O2. The van der Waals surface area contributed by atoms with E-state index in [0.717, 1.165) is 19.4 Å². The summed E-state index contributed by atoms with van der Waals surface area (Å²) in [6.07, 6.45) is 1.79. The topological polar surface area (TPSA) is 52.7 Å². The van der Waals surface area contributed by atoms with Crippen LogP contribution in [0, 0.1) is 0 Å². The maximum Gasteiger partial charge on any atom is 0.256 e. The molecule has 0 aliphatic carbocycles. The second-order valence-corrected chi connectivity index (χ2v) is 6.72. The van der Waals surface area contributed by atoms with E-state index in [2.05, 4.69) is 5.32 Å². The maximum atomic E-state index is 12.8. The Morgan fingerprint density at radius 1 is 1.21 bits per heavy atom. The number of likely N-dealkylation sites (tertiary alicyclic amines) is 1.